The molecule has 1 aliphatic rings. The first-order valence-corrected chi connectivity index (χ1v) is 8.49. The van der Waals surface area contributed by atoms with Crippen LogP contribution >= 0.6 is 11.8 Å². The maximum Gasteiger partial charge on any atom is 0.238 e. The monoisotopic (exact) mass is 301 g/mol. The van der Waals surface area contributed by atoms with E-state index in [0.717, 1.165) is 36.5 Å². The number of nitrogens with one attached hydrogen (secondary N) is 1. The summed E-state index contributed by atoms with van der Waals surface area (Å²) in [5.74, 6) is 0.883. The number of rotatable bonds is 4. The van der Waals surface area contributed by atoms with Crippen molar-refractivity contribution in [3.63, 3.8) is 0 Å². The third-order valence-corrected chi connectivity index (χ3v) is 4.79. The Labute approximate surface area is 128 Å². The molecule has 1 amide bonds. The minimum absolute atomic E-state index is 0.0364. The van der Waals surface area contributed by atoms with Gasteiger partial charge in [0.15, 0.2) is 0 Å². The molecule has 0 radical (unpaired) electrons. The molecule has 0 spiro atoms. The standard InChI is InChI=1S/C16H19N3OS/c1-11(21-2)16(20)17-15-13-9-6-10-14(13)18-19(15)12-7-4-3-5-8-12/h3-5,7-8,11H,6,9-10H2,1-2H3,(H,17,20)/t11-/m0/s1. The molecule has 0 unspecified atom stereocenters. The Bertz CT molecular complexity index is 651. The molecule has 1 N–H and O–H groups in total. The fraction of sp³-hybridized carbons (Fsp3) is 0.375. The SMILES string of the molecule is CS[C@@H](C)C(=O)Nc1c2c(nn1-c1ccccc1)CCC2. The summed E-state index contributed by atoms with van der Waals surface area (Å²) in [6.45, 7) is 1.92. The van der Waals surface area contributed by atoms with Gasteiger partial charge >= 0.3 is 0 Å². The Morgan fingerprint density at radius 1 is 1.33 bits per heavy atom. The summed E-state index contributed by atoms with van der Waals surface area (Å²) >= 11 is 1.55. The van der Waals surface area contributed by atoms with E-state index >= 15 is 0 Å². The van der Waals surface area contributed by atoms with Crippen LogP contribution in [0, 0.1) is 0 Å². The van der Waals surface area contributed by atoms with Gasteiger partial charge in [0.05, 0.1) is 16.6 Å². The zero-order chi connectivity index (χ0) is 14.8. The third-order valence-electron chi connectivity index (χ3n) is 3.87. The first-order valence-electron chi connectivity index (χ1n) is 7.20. The van der Waals surface area contributed by atoms with E-state index in [4.69, 9.17) is 5.10 Å². The Balaban J connectivity index is 2.00. The third kappa shape index (κ3) is 2.70. The van der Waals surface area contributed by atoms with Crippen LogP contribution in [-0.2, 0) is 17.6 Å². The van der Waals surface area contributed by atoms with Gasteiger partial charge < -0.3 is 5.32 Å². The Hall–Kier alpha value is -1.75. The fourth-order valence-electron chi connectivity index (χ4n) is 2.60. The maximum atomic E-state index is 12.3. The number of amides is 1. The summed E-state index contributed by atoms with van der Waals surface area (Å²) in [5, 5.41) is 7.71. The van der Waals surface area contributed by atoms with Crippen LogP contribution in [0.4, 0.5) is 5.82 Å². The molecule has 0 aliphatic heterocycles. The zero-order valence-electron chi connectivity index (χ0n) is 12.3. The van der Waals surface area contributed by atoms with E-state index in [2.05, 4.69) is 5.32 Å². The molecule has 1 atom stereocenters. The van der Waals surface area contributed by atoms with Gasteiger partial charge in [0.2, 0.25) is 5.91 Å². The van der Waals surface area contributed by atoms with Gasteiger partial charge in [-0.05, 0) is 44.6 Å². The van der Waals surface area contributed by atoms with Crippen LogP contribution in [0.3, 0.4) is 0 Å². The van der Waals surface area contributed by atoms with E-state index in [9.17, 15) is 4.79 Å². The minimum atomic E-state index is -0.0684. The predicted octanol–water partition coefficient (Wildman–Crippen LogP) is 3.05. The molecule has 0 saturated carbocycles. The number of anilines is 1. The molecule has 21 heavy (non-hydrogen) atoms. The molecule has 4 nitrogen and oxygen atoms in total. The van der Waals surface area contributed by atoms with Crippen LogP contribution < -0.4 is 5.32 Å². The van der Waals surface area contributed by atoms with Crippen molar-refractivity contribution in [1.82, 2.24) is 9.78 Å². The molecule has 5 heteroatoms. The van der Waals surface area contributed by atoms with Crippen LogP contribution in [0.25, 0.3) is 5.69 Å². The first kappa shape index (κ1) is 14.2. The van der Waals surface area contributed by atoms with E-state index in [1.165, 1.54) is 5.56 Å². The lowest BCUT2D eigenvalue weighted by atomic mass is 10.2. The molecule has 1 heterocycles. The summed E-state index contributed by atoms with van der Waals surface area (Å²) in [4.78, 5) is 12.3. The molecular weight excluding hydrogens is 282 g/mol. The first-order chi connectivity index (χ1) is 10.2. The van der Waals surface area contributed by atoms with Gasteiger partial charge in [-0.2, -0.15) is 16.9 Å². The normalized spacial score (nSPS) is 14.8. The Kier molecular flexibility index (Phi) is 4.01. The number of hydrogen-bond acceptors (Lipinski definition) is 3. The van der Waals surface area contributed by atoms with Crippen molar-refractivity contribution in [1.29, 1.82) is 0 Å². The molecule has 0 bridgehead atoms. The second-order valence-corrected chi connectivity index (χ2v) is 6.42. The predicted molar refractivity (Wildman–Crippen MR) is 87.2 cm³/mol. The lowest BCUT2D eigenvalue weighted by Crippen LogP contribution is -2.24. The van der Waals surface area contributed by atoms with Gasteiger partial charge in [-0.3, -0.25) is 4.79 Å². The lowest BCUT2D eigenvalue weighted by Gasteiger charge is -2.13. The topological polar surface area (TPSA) is 46.9 Å². The van der Waals surface area contributed by atoms with Crippen molar-refractivity contribution in [3.8, 4) is 5.69 Å². The van der Waals surface area contributed by atoms with E-state index in [1.54, 1.807) is 11.8 Å². The number of aromatic nitrogens is 2. The number of nitrogens with zero attached hydrogens (tertiary/aromatic N) is 2. The molecule has 110 valence electrons. The maximum absolute atomic E-state index is 12.3. The Morgan fingerprint density at radius 2 is 2.10 bits per heavy atom. The molecular formula is C16H19N3OS. The van der Waals surface area contributed by atoms with Crippen LogP contribution in [0.15, 0.2) is 30.3 Å². The van der Waals surface area contributed by atoms with E-state index in [1.807, 2.05) is 48.2 Å². The second-order valence-electron chi connectivity index (χ2n) is 5.24. The van der Waals surface area contributed by atoms with Crippen molar-refractivity contribution in [2.24, 2.45) is 0 Å². The molecule has 1 aromatic carbocycles. The van der Waals surface area contributed by atoms with Gasteiger partial charge in [-0.25, -0.2) is 4.68 Å². The van der Waals surface area contributed by atoms with Gasteiger partial charge in [-0.1, -0.05) is 18.2 Å². The van der Waals surface area contributed by atoms with Crippen molar-refractivity contribution in [3.05, 3.63) is 41.6 Å². The van der Waals surface area contributed by atoms with Crippen LogP contribution in [0.2, 0.25) is 0 Å². The van der Waals surface area contributed by atoms with E-state index in [0.29, 0.717) is 0 Å². The number of benzene rings is 1. The highest BCUT2D eigenvalue weighted by Gasteiger charge is 2.25. The fourth-order valence-corrected chi connectivity index (χ4v) is 2.87. The van der Waals surface area contributed by atoms with Gasteiger partial charge in [0.25, 0.3) is 0 Å². The van der Waals surface area contributed by atoms with Gasteiger partial charge in [0, 0.05) is 5.56 Å². The largest absolute Gasteiger partial charge is 0.309 e. The molecule has 3 rings (SSSR count). The lowest BCUT2D eigenvalue weighted by molar-refractivity contribution is -0.115. The molecule has 0 saturated heterocycles. The van der Waals surface area contributed by atoms with Crippen LogP contribution in [-0.4, -0.2) is 27.2 Å². The van der Waals surface area contributed by atoms with Crippen molar-refractivity contribution < 1.29 is 4.79 Å². The summed E-state index contributed by atoms with van der Waals surface area (Å²) in [6.07, 6.45) is 5.05. The Morgan fingerprint density at radius 3 is 2.81 bits per heavy atom. The number of hydrogen-bond donors (Lipinski definition) is 1. The highest BCUT2D eigenvalue weighted by atomic mass is 32.2. The van der Waals surface area contributed by atoms with Crippen molar-refractivity contribution in [2.75, 3.05) is 11.6 Å². The summed E-state index contributed by atoms with van der Waals surface area (Å²) < 4.78 is 1.87. The van der Waals surface area contributed by atoms with Crippen molar-refractivity contribution >= 4 is 23.5 Å². The number of carbonyl (C=O) groups excluding carboxylic acids is 1. The zero-order valence-corrected chi connectivity index (χ0v) is 13.1. The van der Waals surface area contributed by atoms with Gasteiger partial charge in [-0.15, -0.1) is 0 Å². The van der Waals surface area contributed by atoms with Gasteiger partial charge in [0.1, 0.15) is 5.82 Å². The molecule has 0 fully saturated rings. The smallest absolute Gasteiger partial charge is 0.238 e. The van der Waals surface area contributed by atoms with E-state index in [-0.39, 0.29) is 11.2 Å². The average Bonchev–Trinajstić information content (AvgIpc) is 3.10. The summed E-state index contributed by atoms with van der Waals surface area (Å²) in [6, 6.07) is 9.97. The second kappa shape index (κ2) is 5.93. The minimum Gasteiger partial charge on any atom is -0.309 e. The van der Waals surface area contributed by atoms with Crippen molar-refractivity contribution in [2.45, 2.75) is 31.4 Å². The number of para-hydroxylation sites is 1. The van der Waals surface area contributed by atoms with Crippen LogP contribution in [0.1, 0.15) is 24.6 Å². The number of carbonyl (C=O) groups is 1. The highest BCUT2D eigenvalue weighted by molar-refractivity contribution is 7.99. The number of thioether (sulfide) groups is 1. The number of fused-ring (bicyclic) bond motifs is 1. The summed E-state index contributed by atoms with van der Waals surface area (Å²) in [7, 11) is 0. The van der Waals surface area contributed by atoms with Crippen LogP contribution in [0.5, 0.6) is 0 Å². The summed E-state index contributed by atoms with van der Waals surface area (Å²) in [5.41, 5.74) is 3.30. The quantitative estimate of drug-likeness (QED) is 0.944. The molecule has 1 aliphatic carbocycles. The van der Waals surface area contributed by atoms with E-state index < -0.39 is 0 Å². The highest BCUT2D eigenvalue weighted by Crippen LogP contribution is 2.31. The number of aryl methyl sites for hydroxylation is 1. The molecule has 2 aromatic rings. The molecule has 1 aromatic heterocycles. The average molecular weight is 301 g/mol.